The monoisotopic (exact) mass is 315 g/mol. The molecule has 0 unspecified atom stereocenters. The molecule has 0 amide bonds. The summed E-state index contributed by atoms with van der Waals surface area (Å²) in [6.07, 6.45) is 0. The predicted molar refractivity (Wildman–Crippen MR) is 88.6 cm³/mol. The maximum absolute atomic E-state index is 10.4. The highest BCUT2D eigenvalue weighted by Gasteiger charge is 2.22. The molecule has 4 nitrogen and oxygen atoms in total. The molecule has 22 heavy (non-hydrogen) atoms. The second-order valence-corrected chi connectivity index (χ2v) is 6.57. The van der Waals surface area contributed by atoms with Crippen LogP contribution in [0, 0.1) is 13.8 Å². The number of nitrogens with zero attached hydrogens (tertiary/aromatic N) is 3. The van der Waals surface area contributed by atoms with Crippen molar-refractivity contribution < 1.29 is 5.11 Å². The number of aromatic nitrogens is 3. The van der Waals surface area contributed by atoms with Crippen LogP contribution >= 0.6 is 11.6 Å². The van der Waals surface area contributed by atoms with Crippen LogP contribution in [-0.2, 0) is 5.60 Å². The van der Waals surface area contributed by atoms with Gasteiger partial charge in [0.05, 0.1) is 11.3 Å². The molecule has 0 radical (unpaired) electrons. The van der Waals surface area contributed by atoms with E-state index in [0.717, 1.165) is 33.4 Å². The summed E-state index contributed by atoms with van der Waals surface area (Å²) in [6, 6.07) is 9.46. The number of hydrogen-bond donors (Lipinski definition) is 1. The van der Waals surface area contributed by atoms with Crippen LogP contribution in [0.25, 0.3) is 16.7 Å². The molecule has 0 aliphatic rings. The lowest BCUT2D eigenvalue weighted by molar-refractivity contribution is 0.0778. The van der Waals surface area contributed by atoms with Crippen molar-refractivity contribution in [1.29, 1.82) is 0 Å². The maximum Gasteiger partial charge on any atom is 0.115 e. The summed E-state index contributed by atoms with van der Waals surface area (Å²) in [5.74, 6) is 0. The molecule has 3 rings (SSSR count). The first-order valence-electron chi connectivity index (χ1n) is 7.13. The molecule has 0 fully saturated rings. The first-order chi connectivity index (χ1) is 10.3. The Morgan fingerprint density at radius 1 is 1.05 bits per heavy atom. The lowest BCUT2D eigenvalue weighted by Gasteiger charge is -2.22. The van der Waals surface area contributed by atoms with E-state index in [1.807, 2.05) is 32.0 Å². The molecule has 1 aromatic heterocycles. The van der Waals surface area contributed by atoms with Crippen LogP contribution in [0.3, 0.4) is 0 Å². The molecule has 0 bridgehead atoms. The van der Waals surface area contributed by atoms with Gasteiger partial charge in [-0.3, -0.25) is 0 Å². The lowest BCUT2D eigenvalue weighted by atomic mass is 9.91. The first kappa shape index (κ1) is 15.0. The number of rotatable bonds is 2. The standard InChI is InChI=1S/C17H18ClN3O/c1-10-7-13(17(3,4)22)11(2)16(8-10)21-19-14-6-5-12(18)9-15(14)20-21/h5-9,22H,1-4H3. The normalized spacial score (nSPS) is 12.1. The predicted octanol–water partition coefficient (Wildman–Crippen LogP) is 3.92. The zero-order chi connectivity index (χ0) is 16.1. The molecule has 114 valence electrons. The number of benzene rings is 2. The molecule has 0 saturated heterocycles. The van der Waals surface area contributed by atoms with Crippen LogP contribution in [0.5, 0.6) is 0 Å². The van der Waals surface area contributed by atoms with Crippen molar-refractivity contribution in [2.24, 2.45) is 0 Å². The number of aryl methyl sites for hydroxylation is 1. The Kier molecular flexibility index (Phi) is 3.46. The van der Waals surface area contributed by atoms with Crippen molar-refractivity contribution in [1.82, 2.24) is 15.0 Å². The van der Waals surface area contributed by atoms with Crippen molar-refractivity contribution in [3.05, 3.63) is 52.0 Å². The summed E-state index contributed by atoms with van der Waals surface area (Å²) in [4.78, 5) is 1.61. The zero-order valence-electron chi connectivity index (χ0n) is 13.1. The topological polar surface area (TPSA) is 50.9 Å². The summed E-state index contributed by atoms with van der Waals surface area (Å²) in [5.41, 5.74) is 4.38. The van der Waals surface area contributed by atoms with Crippen LogP contribution < -0.4 is 0 Å². The van der Waals surface area contributed by atoms with Crippen molar-refractivity contribution in [2.45, 2.75) is 33.3 Å². The molecule has 5 heteroatoms. The van der Waals surface area contributed by atoms with E-state index in [1.165, 1.54) is 0 Å². The van der Waals surface area contributed by atoms with Crippen molar-refractivity contribution in [3.8, 4) is 5.69 Å². The van der Waals surface area contributed by atoms with E-state index in [1.54, 1.807) is 30.8 Å². The Morgan fingerprint density at radius 2 is 1.73 bits per heavy atom. The summed E-state index contributed by atoms with van der Waals surface area (Å²) in [7, 11) is 0. The zero-order valence-corrected chi connectivity index (χ0v) is 13.8. The van der Waals surface area contributed by atoms with Gasteiger partial charge in [-0.2, -0.15) is 4.80 Å². The third-order valence-corrected chi connectivity index (χ3v) is 3.98. The van der Waals surface area contributed by atoms with E-state index in [4.69, 9.17) is 11.6 Å². The molecule has 3 aromatic rings. The molecular weight excluding hydrogens is 298 g/mol. The SMILES string of the molecule is Cc1cc(-n2nc3ccc(Cl)cc3n2)c(C)c(C(C)(C)O)c1. The Balaban J connectivity index is 2.24. The fourth-order valence-corrected chi connectivity index (χ4v) is 2.84. The van der Waals surface area contributed by atoms with Gasteiger partial charge in [-0.25, -0.2) is 0 Å². The van der Waals surface area contributed by atoms with E-state index in [9.17, 15) is 5.11 Å². The summed E-state index contributed by atoms with van der Waals surface area (Å²) in [5, 5.41) is 20.0. The molecule has 0 atom stereocenters. The van der Waals surface area contributed by atoms with Crippen LogP contribution in [0.2, 0.25) is 5.02 Å². The van der Waals surface area contributed by atoms with Gasteiger partial charge in [-0.1, -0.05) is 17.7 Å². The summed E-state index contributed by atoms with van der Waals surface area (Å²) < 4.78 is 0. The van der Waals surface area contributed by atoms with Crippen LogP contribution in [0.15, 0.2) is 30.3 Å². The Bertz CT molecular complexity index is 862. The van der Waals surface area contributed by atoms with E-state index < -0.39 is 5.60 Å². The van der Waals surface area contributed by atoms with Crippen molar-refractivity contribution in [2.75, 3.05) is 0 Å². The molecule has 1 heterocycles. The molecule has 2 aromatic carbocycles. The number of aliphatic hydroxyl groups is 1. The Hall–Kier alpha value is -1.91. The highest BCUT2D eigenvalue weighted by Crippen LogP contribution is 2.29. The van der Waals surface area contributed by atoms with Crippen molar-refractivity contribution >= 4 is 22.6 Å². The molecule has 1 N–H and O–H groups in total. The van der Waals surface area contributed by atoms with E-state index in [-0.39, 0.29) is 0 Å². The maximum atomic E-state index is 10.4. The van der Waals surface area contributed by atoms with Gasteiger partial charge in [0.1, 0.15) is 11.0 Å². The minimum atomic E-state index is -0.916. The van der Waals surface area contributed by atoms with Crippen LogP contribution in [0.4, 0.5) is 0 Å². The van der Waals surface area contributed by atoms with Gasteiger partial charge < -0.3 is 5.11 Å². The fourth-order valence-electron chi connectivity index (χ4n) is 2.68. The van der Waals surface area contributed by atoms with Crippen molar-refractivity contribution in [3.63, 3.8) is 0 Å². The van der Waals surface area contributed by atoms with E-state index in [0.29, 0.717) is 5.02 Å². The minimum absolute atomic E-state index is 0.637. The van der Waals surface area contributed by atoms with E-state index >= 15 is 0 Å². The molecule has 0 saturated carbocycles. The fraction of sp³-hybridized carbons (Fsp3) is 0.294. The average molecular weight is 316 g/mol. The lowest BCUT2D eigenvalue weighted by Crippen LogP contribution is -2.19. The number of halogens is 1. The molecule has 0 aliphatic heterocycles. The third-order valence-electron chi connectivity index (χ3n) is 3.74. The first-order valence-corrected chi connectivity index (χ1v) is 7.50. The molecule has 0 spiro atoms. The number of fused-ring (bicyclic) bond motifs is 1. The second-order valence-electron chi connectivity index (χ2n) is 6.14. The molecular formula is C17H18ClN3O. The highest BCUT2D eigenvalue weighted by atomic mass is 35.5. The Labute approximate surface area is 134 Å². The smallest absolute Gasteiger partial charge is 0.115 e. The second kappa shape index (κ2) is 5.07. The van der Waals surface area contributed by atoms with Crippen LogP contribution in [-0.4, -0.2) is 20.1 Å². The minimum Gasteiger partial charge on any atom is -0.386 e. The Morgan fingerprint density at radius 3 is 2.41 bits per heavy atom. The van der Waals surface area contributed by atoms with Gasteiger partial charge in [0.2, 0.25) is 0 Å². The third kappa shape index (κ3) is 2.60. The van der Waals surface area contributed by atoms with Gasteiger partial charge in [0, 0.05) is 5.02 Å². The van der Waals surface area contributed by atoms with Gasteiger partial charge in [-0.15, -0.1) is 10.2 Å². The van der Waals surface area contributed by atoms with Gasteiger partial charge in [-0.05, 0) is 68.7 Å². The van der Waals surface area contributed by atoms with E-state index in [2.05, 4.69) is 10.2 Å². The molecule has 0 aliphatic carbocycles. The summed E-state index contributed by atoms with van der Waals surface area (Å²) >= 11 is 6.01. The number of hydrogen-bond acceptors (Lipinski definition) is 3. The van der Waals surface area contributed by atoms with Gasteiger partial charge in [0.25, 0.3) is 0 Å². The quantitative estimate of drug-likeness (QED) is 0.780. The van der Waals surface area contributed by atoms with Gasteiger partial charge >= 0.3 is 0 Å². The van der Waals surface area contributed by atoms with Crippen LogP contribution in [0.1, 0.15) is 30.5 Å². The van der Waals surface area contributed by atoms with Gasteiger partial charge in [0.15, 0.2) is 0 Å². The summed E-state index contributed by atoms with van der Waals surface area (Å²) in [6.45, 7) is 7.54. The average Bonchev–Trinajstić information content (AvgIpc) is 2.82. The highest BCUT2D eigenvalue weighted by molar-refractivity contribution is 6.31. The largest absolute Gasteiger partial charge is 0.386 e.